The highest BCUT2D eigenvalue weighted by molar-refractivity contribution is 5.31. The first-order chi connectivity index (χ1) is 9.67. The molecule has 5 nitrogen and oxygen atoms in total. The number of rotatable bonds is 6. The van der Waals surface area contributed by atoms with Crippen molar-refractivity contribution in [2.75, 3.05) is 25.6 Å². The molecule has 0 atom stereocenters. The Hall–Kier alpha value is -2.30. The molecule has 0 saturated carbocycles. The summed E-state index contributed by atoms with van der Waals surface area (Å²) in [6.45, 7) is 5.11. The van der Waals surface area contributed by atoms with Gasteiger partial charge < -0.3 is 14.8 Å². The molecule has 0 fully saturated rings. The van der Waals surface area contributed by atoms with Crippen LogP contribution in [0.3, 0.4) is 0 Å². The number of methoxy groups -OCH3 is 1. The summed E-state index contributed by atoms with van der Waals surface area (Å²) < 4.78 is 10.7. The summed E-state index contributed by atoms with van der Waals surface area (Å²) in [5.74, 6) is 1.98. The largest absolute Gasteiger partial charge is 0.492 e. The maximum atomic E-state index is 5.65. The first kappa shape index (κ1) is 14.1. The van der Waals surface area contributed by atoms with Crippen molar-refractivity contribution < 1.29 is 9.47 Å². The summed E-state index contributed by atoms with van der Waals surface area (Å²) in [5.41, 5.74) is 2.04. The molecule has 0 unspecified atom stereocenters. The Balaban J connectivity index is 1.82. The van der Waals surface area contributed by atoms with Crippen LogP contribution in [0.2, 0.25) is 0 Å². The molecule has 106 valence electrons. The van der Waals surface area contributed by atoms with Crippen molar-refractivity contribution in [3.8, 4) is 11.6 Å². The molecule has 0 amide bonds. The Morgan fingerprint density at radius 1 is 1.15 bits per heavy atom. The third kappa shape index (κ3) is 4.12. The zero-order chi connectivity index (χ0) is 14.4. The third-order valence-electron chi connectivity index (χ3n) is 2.68. The van der Waals surface area contributed by atoms with E-state index in [1.165, 1.54) is 5.56 Å². The first-order valence-corrected chi connectivity index (χ1v) is 6.50. The minimum atomic E-state index is 0.545. The van der Waals surface area contributed by atoms with Crippen molar-refractivity contribution in [2.45, 2.75) is 13.8 Å². The second-order valence-corrected chi connectivity index (χ2v) is 4.47. The fourth-order valence-electron chi connectivity index (χ4n) is 1.76. The highest BCUT2D eigenvalue weighted by Crippen LogP contribution is 2.13. The minimum Gasteiger partial charge on any atom is -0.492 e. The summed E-state index contributed by atoms with van der Waals surface area (Å²) in [7, 11) is 1.59. The van der Waals surface area contributed by atoms with Crippen LogP contribution in [-0.4, -0.2) is 30.2 Å². The van der Waals surface area contributed by atoms with E-state index in [1.807, 2.05) is 38.1 Å². The summed E-state index contributed by atoms with van der Waals surface area (Å²) in [6.07, 6.45) is 0. The van der Waals surface area contributed by atoms with Crippen molar-refractivity contribution >= 4 is 5.95 Å². The van der Waals surface area contributed by atoms with E-state index in [0.29, 0.717) is 25.0 Å². The van der Waals surface area contributed by atoms with Crippen LogP contribution in [0.4, 0.5) is 5.95 Å². The Kier molecular flexibility index (Phi) is 4.76. The first-order valence-electron chi connectivity index (χ1n) is 6.50. The highest BCUT2D eigenvalue weighted by Gasteiger charge is 2.01. The summed E-state index contributed by atoms with van der Waals surface area (Å²) in [6, 6.07) is 9.75. The third-order valence-corrected chi connectivity index (χ3v) is 2.68. The molecule has 2 aromatic rings. The zero-order valence-electron chi connectivity index (χ0n) is 12.0. The second kappa shape index (κ2) is 6.75. The molecule has 0 aliphatic carbocycles. The van der Waals surface area contributed by atoms with E-state index in [0.717, 1.165) is 11.4 Å². The van der Waals surface area contributed by atoms with Crippen LogP contribution in [-0.2, 0) is 0 Å². The number of aromatic nitrogens is 2. The van der Waals surface area contributed by atoms with Crippen molar-refractivity contribution in [2.24, 2.45) is 0 Å². The fourth-order valence-corrected chi connectivity index (χ4v) is 1.76. The van der Waals surface area contributed by atoms with Crippen LogP contribution < -0.4 is 14.8 Å². The molecule has 0 aliphatic heterocycles. The number of anilines is 1. The van der Waals surface area contributed by atoms with Gasteiger partial charge >= 0.3 is 0 Å². The second-order valence-electron chi connectivity index (χ2n) is 4.47. The number of hydrogen-bond acceptors (Lipinski definition) is 5. The highest BCUT2D eigenvalue weighted by atomic mass is 16.5. The van der Waals surface area contributed by atoms with E-state index in [-0.39, 0.29) is 0 Å². The average molecular weight is 273 g/mol. The normalized spacial score (nSPS) is 10.2. The predicted octanol–water partition coefficient (Wildman–Crippen LogP) is 2.59. The van der Waals surface area contributed by atoms with Crippen molar-refractivity contribution in [1.82, 2.24) is 9.97 Å². The molecule has 0 radical (unpaired) electrons. The lowest BCUT2D eigenvalue weighted by atomic mass is 10.2. The Morgan fingerprint density at radius 2 is 2.00 bits per heavy atom. The topological polar surface area (TPSA) is 56.3 Å². The smallest absolute Gasteiger partial charge is 0.226 e. The van der Waals surface area contributed by atoms with Gasteiger partial charge in [0.05, 0.1) is 13.7 Å². The van der Waals surface area contributed by atoms with Crippen LogP contribution in [0.25, 0.3) is 0 Å². The molecule has 0 bridgehead atoms. The van der Waals surface area contributed by atoms with Crippen LogP contribution in [0.15, 0.2) is 30.3 Å². The Bertz CT molecular complexity index is 573. The van der Waals surface area contributed by atoms with Crippen LogP contribution in [0, 0.1) is 13.8 Å². The van der Waals surface area contributed by atoms with Crippen LogP contribution >= 0.6 is 0 Å². The van der Waals surface area contributed by atoms with E-state index in [1.54, 1.807) is 13.2 Å². The zero-order valence-corrected chi connectivity index (χ0v) is 12.0. The fraction of sp³-hybridized carbons (Fsp3) is 0.333. The number of aryl methyl sites for hydroxylation is 2. The SMILES string of the molecule is COc1cc(C)nc(NCCOc2cccc(C)c2)n1. The Morgan fingerprint density at radius 3 is 2.75 bits per heavy atom. The van der Waals surface area contributed by atoms with Gasteiger partial charge in [-0.1, -0.05) is 12.1 Å². The molecule has 2 rings (SSSR count). The lowest BCUT2D eigenvalue weighted by molar-refractivity contribution is 0.332. The lowest BCUT2D eigenvalue weighted by Crippen LogP contribution is -2.14. The molecule has 5 heteroatoms. The summed E-state index contributed by atoms with van der Waals surface area (Å²) in [4.78, 5) is 8.49. The molecule has 0 saturated heterocycles. The van der Waals surface area contributed by atoms with Gasteiger partial charge in [-0.05, 0) is 31.5 Å². The van der Waals surface area contributed by atoms with Gasteiger partial charge in [-0.25, -0.2) is 4.98 Å². The number of ether oxygens (including phenoxy) is 2. The quantitative estimate of drug-likeness (QED) is 0.820. The number of nitrogens with zero attached hydrogens (tertiary/aromatic N) is 2. The summed E-state index contributed by atoms with van der Waals surface area (Å²) in [5, 5.41) is 3.12. The molecular weight excluding hydrogens is 254 g/mol. The number of nitrogens with one attached hydrogen (secondary N) is 1. The molecule has 1 N–H and O–H groups in total. The maximum absolute atomic E-state index is 5.65. The monoisotopic (exact) mass is 273 g/mol. The standard InChI is InChI=1S/C15H19N3O2/c1-11-5-4-6-13(9-11)20-8-7-16-15-17-12(2)10-14(18-15)19-3/h4-6,9-10H,7-8H2,1-3H3,(H,16,17,18). The minimum absolute atomic E-state index is 0.545. The molecular formula is C15H19N3O2. The van der Waals surface area contributed by atoms with Gasteiger partial charge in [-0.2, -0.15) is 4.98 Å². The van der Waals surface area contributed by atoms with Gasteiger partial charge in [0, 0.05) is 11.8 Å². The van der Waals surface area contributed by atoms with E-state index < -0.39 is 0 Å². The van der Waals surface area contributed by atoms with E-state index in [4.69, 9.17) is 9.47 Å². The Labute approximate surface area is 119 Å². The lowest BCUT2D eigenvalue weighted by Gasteiger charge is -2.09. The van der Waals surface area contributed by atoms with Gasteiger partial charge in [-0.15, -0.1) is 0 Å². The molecule has 1 aromatic carbocycles. The molecule has 20 heavy (non-hydrogen) atoms. The molecule has 1 aromatic heterocycles. The van der Waals surface area contributed by atoms with Crippen LogP contribution in [0.5, 0.6) is 11.6 Å². The number of hydrogen-bond donors (Lipinski definition) is 1. The van der Waals surface area contributed by atoms with Gasteiger partial charge in [-0.3, -0.25) is 0 Å². The van der Waals surface area contributed by atoms with Crippen molar-refractivity contribution in [3.63, 3.8) is 0 Å². The average Bonchev–Trinajstić information content (AvgIpc) is 2.43. The van der Waals surface area contributed by atoms with Gasteiger partial charge in [0.15, 0.2) is 0 Å². The van der Waals surface area contributed by atoms with Gasteiger partial charge in [0.2, 0.25) is 11.8 Å². The molecule has 0 aliphatic rings. The molecule has 0 spiro atoms. The van der Waals surface area contributed by atoms with Gasteiger partial charge in [0.25, 0.3) is 0 Å². The maximum Gasteiger partial charge on any atom is 0.226 e. The van der Waals surface area contributed by atoms with E-state index in [9.17, 15) is 0 Å². The van der Waals surface area contributed by atoms with E-state index in [2.05, 4.69) is 15.3 Å². The van der Waals surface area contributed by atoms with Crippen LogP contribution in [0.1, 0.15) is 11.3 Å². The summed E-state index contributed by atoms with van der Waals surface area (Å²) >= 11 is 0. The van der Waals surface area contributed by atoms with Crippen molar-refractivity contribution in [1.29, 1.82) is 0 Å². The van der Waals surface area contributed by atoms with E-state index >= 15 is 0 Å². The molecule has 1 heterocycles. The van der Waals surface area contributed by atoms with Gasteiger partial charge in [0.1, 0.15) is 12.4 Å². The van der Waals surface area contributed by atoms with Crippen molar-refractivity contribution in [3.05, 3.63) is 41.6 Å². The predicted molar refractivity (Wildman–Crippen MR) is 78.5 cm³/mol. The number of benzene rings is 1.